The quantitative estimate of drug-likeness (QED) is 0.623. The monoisotopic (exact) mass is 195 g/mol. The summed E-state index contributed by atoms with van der Waals surface area (Å²) in [5, 5.41) is 0. The van der Waals surface area contributed by atoms with E-state index in [1.165, 1.54) is 4.90 Å². The molecule has 0 aromatic carbocycles. The zero-order valence-corrected chi connectivity index (χ0v) is 7.56. The highest BCUT2D eigenvalue weighted by molar-refractivity contribution is 5.78. The van der Waals surface area contributed by atoms with Crippen LogP contribution in [0.25, 0.3) is 0 Å². The van der Waals surface area contributed by atoms with Gasteiger partial charge in [0, 0.05) is 19.0 Å². The number of nitrogens with zero attached hydrogens (tertiary/aromatic N) is 1. The lowest BCUT2D eigenvalue weighted by molar-refractivity contribution is -0.210. The van der Waals surface area contributed by atoms with Crippen LogP contribution < -0.4 is 0 Å². The minimum Gasteiger partial charge on any atom is -0.341 e. The SMILES string of the molecule is CC(C)C(=O)N1CC(C(F)(F)F)C1. The molecule has 13 heavy (non-hydrogen) atoms. The molecule has 0 bridgehead atoms. The molecule has 76 valence electrons. The molecule has 1 aliphatic rings. The first-order valence-corrected chi connectivity index (χ1v) is 4.18. The number of alkyl halides is 3. The Kier molecular flexibility index (Phi) is 2.54. The summed E-state index contributed by atoms with van der Waals surface area (Å²) in [5.74, 6) is -1.72. The Hall–Kier alpha value is -0.740. The van der Waals surface area contributed by atoms with E-state index < -0.39 is 12.1 Å². The second-order valence-electron chi connectivity index (χ2n) is 3.64. The maximum atomic E-state index is 12.0. The Bertz CT molecular complexity index is 206. The molecule has 0 N–H and O–H groups in total. The second kappa shape index (κ2) is 3.20. The van der Waals surface area contributed by atoms with Gasteiger partial charge in [-0.25, -0.2) is 0 Å². The molecule has 1 saturated heterocycles. The zero-order valence-electron chi connectivity index (χ0n) is 7.56. The van der Waals surface area contributed by atoms with Crippen molar-refractivity contribution in [2.45, 2.75) is 20.0 Å². The maximum Gasteiger partial charge on any atom is 0.395 e. The minimum absolute atomic E-state index is 0.166. The molecule has 1 heterocycles. The molecule has 1 rings (SSSR count). The van der Waals surface area contributed by atoms with Gasteiger partial charge >= 0.3 is 6.18 Å². The van der Waals surface area contributed by atoms with E-state index >= 15 is 0 Å². The fourth-order valence-corrected chi connectivity index (χ4v) is 1.23. The van der Waals surface area contributed by atoms with E-state index in [4.69, 9.17) is 0 Å². The van der Waals surface area contributed by atoms with E-state index in [2.05, 4.69) is 0 Å². The van der Waals surface area contributed by atoms with E-state index in [1.54, 1.807) is 13.8 Å². The molecule has 5 heteroatoms. The van der Waals surface area contributed by atoms with Gasteiger partial charge in [0.25, 0.3) is 0 Å². The van der Waals surface area contributed by atoms with Crippen LogP contribution in [-0.4, -0.2) is 30.1 Å². The van der Waals surface area contributed by atoms with E-state index in [0.29, 0.717) is 0 Å². The summed E-state index contributed by atoms with van der Waals surface area (Å²) in [6.07, 6.45) is -4.15. The number of halogens is 3. The van der Waals surface area contributed by atoms with Crippen molar-refractivity contribution in [1.29, 1.82) is 0 Å². The minimum atomic E-state index is -4.15. The third kappa shape index (κ3) is 2.14. The zero-order chi connectivity index (χ0) is 10.2. The van der Waals surface area contributed by atoms with Crippen LogP contribution in [-0.2, 0) is 4.79 Å². The van der Waals surface area contributed by atoms with Gasteiger partial charge in [0.2, 0.25) is 5.91 Å². The molecule has 0 radical (unpaired) electrons. The summed E-state index contributed by atoms with van der Waals surface area (Å²) < 4.78 is 36.0. The van der Waals surface area contributed by atoms with Crippen LogP contribution in [0.15, 0.2) is 0 Å². The van der Waals surface area contributed by atoms with Crippen molar-refractivity contribution in [3.05, 3.63) is 0 Å². The number of rotatable bonds is 1. The number of likely N-dealkylation sites (tertiary alicyclic amines) is 1. The molecule has 1 fully saturated rings. The van der Waals surface area contributed by atoms with Gasteiger partial charge in [0.1, 0.15) is 0 Å². The molecular weight excluding hydrogens is 183 g/mol. The van der Waals surface area contributed by atoms with Crippen molar-refractivity contribution >= 4 is 5.91 Å². The third-order valence-corrected chi connectivity index (χ3v) is 2.15. The van der Waals surface area contributed by atoms with Crippen LogP contribution in [0.1, 0.15) is 13.8 Å². The Labute approximate surface area is 74.7 Å². The molecule has 0 aliphatic carbocycles. The van der Waals surface area contributed by atoms with E-state index in [1.807, 2.05) is 0 Å². The predicted molar refractivity (Wildman–Crippen MR) is 41.0 cm³/mol. The topological polar surface area (TPSA) is 20.3 Å². The number of hydrogen-bond donors (Lipinski definition) is 0. The summed E-state index contributed by atoms with van der Waals surface area (Å²) >= 11 is 0. The Balaban J connectivity index is 2.38. The number of amides is 1. The summed E-state index contributed by atoms with van der Waals surface area (Å²) in [4.78, 5) is 12.4. The van der Waals surface area contributed by atoms with Crippen LogP contribution in [0.5, 0.6) is 0 Å². The fraction of sp³-hybridized carbons (Fsp3) is 0.875. The first-order chi connectivity index (χ1) is 5.82. The maximum absolute atomic E-state index is 12.0. The summed E-state index contributed by atoms with van der Waals surface area (Å²) in [6.45, 7) is 3.04. The fourth-order valence-electron chi connectivity index (χ4n) is 1.23. The van der Waals surface area contributed by atoms with Gasteiger partial charge in [0.15, 0.2) is 0 Å². The highest BCUT2D eigenvalue weighted by atomic mass is 19.4. The highest BCUT2D eigenvalue weighted by Crippen LogP contribution is 2.33. The second-order valence-corrected chi connectivity index (χ2v) is 3.64. The van der Waals surface area contributed by atoms with Crippen LogP contribution in [0.4, 0.5) is 13.2 Å². The molecule has 2 nitrogen and oxygen atoms in total. The van der Waals surface area contributed by atoms with Crippen molar-refractivity contribution in [3.8, 4) is 0 Å². The lowest BCUT2D eigenvalue weighted by atomic mass is 9.98. The van der Waals surface area contributed by atoms with Gasteiger partial charge in [-0.05, 0) is 0 Å². The van der Waals surface area contributed by atoms with Gasteiger partial charge in [-0.2, -0.15) is 13.2 Å². The van der Waals surface area contributed by atoms with E-state index in [0.717, 1.165) is 0 Å². The predicted octanol–water partition coefficient (Wildman–Crippen LogP) is 1.66. The van der Waals surface area contributed by atoms with Gasteiger partial charge < -0.3 is 4.90 Å². The average Bonchev–Trinajstić information content (AvgIpc) is 1.79. The number of carbonyl (C=O) groups excluding carboxylic acids is 1. The van der Waals surface area contributed by atoms with Crippen LogP contribution in [0.2, 0.25) is 0 Å². The smallest absolute Gasteiger partial charge is 0.341 e. The average molecular weight is 195 g/mol. The molecule has 0 aromatic heterocycles. The van der Waals surface area contributed by atoms with Gasteiger partial charge in [-0.15, -0.1) is 0 Å². The number of hydrogen-bond acceptors (Lipinski definition) is 1. The molecule has 1 aliphatic heterocycles. The largest absolute Gasteiger partial charge is 0.395 e. The molecular formula is C8H12F3NO. The molecule has 0 saturated carbocycles. The lowest BCUT2D eigenvalue weighted by Crippen LogP contribution is -2.56. The highest BCUT2D eigenvalue weighted by Gasteiger charge is 2.48. The van der Waals surface area contributed by atoms with Gasteiger partial charge in [-0.3, -0.25) is 4.79 Å². The third-order valence-electron chi connectivity index (χ3n) is 2.15. The van der Waals surface area contributed by atoms with Crippen LogP contribution in [0, 0.1) is 11.8 Å². The van der Waals surface area contributed by atoms with Crippen molar-refractivity contribution in [3.63, 3.8) is 0 Å². The molecule has 1 amide bonds. The normalized spacial score (nSPS) is 19.1. The Morgan fingerprint density at radius 3 is 2.15 bits per heavy atom. The first-order valence-electron chi connectivity index (χ1n) is 4.18. The van der Waals surface area contributed by atoms with Gasteiger partial charge in [0.05, 0.1) is 5.92 Å². The van der Waals surface area contributed by atoms with E-state index in [9.17, 15) is 18.0 Å². The Morgan fingerprint density at radius 1 is 1.38 bits per heavy atom. The first kappa shape index (κ1) is 10.3. The van der Waals surface area contributed by atoms with Crippen molar-refractivity contribution < 1.29 is 18.0 Å². The number of carbonyl (C=O) groups is 1. The molecule has 0 unspecified atom stereocenters. The molecule has 0 spiro atoms. The van der Waals surface area contributed by atoms with Crippen molar-refractivity contribution in [2.75, 3.05) is 13.1 Å². The van der Waals surface area contributed by atoms with Crippen molar-refractivity contribution in [2.24, 2.45) is 11.8 Å². The standard InChI is InChI=1S/C8H12F3NO/c1-5(2)7(13)12-3-6(4-12)8(9,10)11/h5-6H,3-4H2,1-2H3. The summed E-state index contributed by atoms with van der Waals surface area (Å²) in [7, 11) is 0. The van der Waals surface area contributed by atoms with E-state index in [-0.39, 0.29) is 24.9 Å². The summed E-state index contributed by atoms with van der Waals surface area (Å²) in [6, 6.07) is 0. The van der Waals surface area contributed by atoms with Gasteiger partial charge in [-0.1, -0.05) is 13.8 Å². The summed E-state index contributed by atoms with van der Waals surface area (Å²) in [5.41, 5.74) is 0. The molecule has 0 aromatic rings. The van der Waals surface area contributed by atoms with Crippen molar-refractivity contribution in [1.82, 2.24) is 4.90 Å². The van der Waals surface area contributed by atoms with Crippen LogP contribution in [0.3, 0.4) is 0 Å². The molecule has 0 atom stereocenters. The lowest BCUT2D eigenvalue weighted by Gasteiger charge is -2.40. The Morgan fingerprint density at radius 2 is 1.85 bits per heavy atom. The van der Waals surface area contributed by atoms with Crippen LogP contribution >= 0.6 is 0 Å².